The molecule has 0 aliphatic rings. The molecular weight excluding hydrogens is 286 g/mol. The van der Waals surface area contributed by atoms with Crippen molar-refractivity contribution in [2.75, 3.05) is 5.32 Å². The van der Waals surface area contributed by atoms with Gasteiger partial charge in [0.2, 0.25) is 0 Å². The summed E-state index contributed by atoms with van der Waals surface area (Å²) in [6.45, 7) is 10.0. The molecule has 122 valence electrons. The van der Waals surface area contributed by atoms with E-state index in [1.807, 2.05) is 56.3 Å². The Hall–Kier alpha value is -2.29. The van der Waals surface area contributed by atoms with E-state index in [0.717, 1.165) is 22.6 Å². The zero-order valence-electron chi connectivity index (χ0n) is 14.5. The number of ether oxygens (including phenoxy) is 1. The zero-order chi connectivity index (χ0) is 17.0. The molecule has 0 saturated carbocycles. The first-order valence-corrected chi connectivity index (χ1v) is 8.01. The van der Waals surface area contributed by atoms with Crippen molar-refractivity contribution in [3.8, 4) is 5.75 Å². The van der Waals surface area contributed by atoms with Gasteiger partial charge in [0.25, 0.3) is 5.91 Å². The van der Waals surface area contributed by atoms with Crippen LogP contribution in [0.3, 0.4) is 0 Å². The summed E-state index contributed by atoms with van der Waals surface area (Å²) in [7, 11) is 0. The maximum atomic E-state index is 12.3. The quantitative estimate of drug-likeness (QED) is 0.858. The normalized spacial score (nSPS) is 12.1. The topological polar surface area (TPSA) is 38.3 Å². The molecule has 2 rings (SSSR count). The molecule has 0 aliphatic heterocycles. The van der Waals surface area contributed by atoms with Gasteiger partial charge in [0.05, 0.1) is 0 Å². The first-order chi connectivity index (χ1) is 10.9. The lowest BCUT2D eigenvalue weighted by Gasteiger charge is -2.17. The molecule has 0 radical (unpaired) electrons. The van der Waals surface area contributed by atoms with E-state index in [1.54, 1.807) is 6.92 Å². The SMILES string of the molecule is Cc1ccc(C)c(OC(C)C(=O)Nc2ccc(C(C)C)cc2)c1. The minimum atomic E-state index is -0.555. The van der Waals surface area contributed by atoms with Crippen LogP contribution in [0.5, 0.6) is 5.75 Å². The Morgan fingerprint density at radius 3 is 2.26 bits per heavy atom. The molecule has 2 aromatic carbocycles. The number of nitrogens with one attached hydrogen (secondary N) is 1. The Bertz CT molecular complexity index is 675. The van der Waals surface area contributed by atoms with Gasteiger partial charge >= 0.3 is 0 Å². The molecule has 1 amide bonds. The van der Waals surface area contributed by atoms with Gasteiger partial charge in [-0.3, -0.25) is 4.79 Å². The summed E-state index contributed by atoms with van der Waals surface area (Å²) in [5.41, 5.74) is 4.18. The minimum Gasteiger partial charge on any atom is -0.481 e. The number of amides is 1. The standard InChI is InChI=1S/C20H25NO2/c1-13(2)17-8-10-18(11-9-17)21-20(22)16(5)23-19-12-14(3)6-7-15(19)4/h6-13,16H,1-5H3,(H,21,22). The van der Waals surface area contributed by atoms with Crippen molar-refractivity contribution in [1.82, 2.24) is 0 Å². The second-order valence-electron chi connectivity index (χ2n) is 6.29. The summed E-state index contributed by atoms with van der Waals surface area (Å²) >= 11 is 0. The third-order valence-corrected chi connectivity index (χ3v) is 3.86. The number of carbonyl (C=O) groups is 1. The average Bonchev–Trinajstić information content (AvgIpc) is 2.51. The molecule has 0 heterocycles. The zero-order valence-corrected chi connectivity index (χ0v) is 14.5. The average molecular weight is 311 g/mol. The number of hydrogen-bond acceptors (Lipinski definition) is 2. The minimum absolute atomic E-state index is 0.150. The van der Waals surface area contributed by atoms with E-state index in [4.69, 9.17) is 4.74 Å². The number of aryl methyl sites for hydroxylation is 2. The number of benzene rings is 2. The fraction of sp³-hybridized carbons (Fsp3) is 0.350. The van der Waals surface area contributed by atoms with Crippen LogP contribution in [0.15, 0.2) is 42.5 Å². The van der Waals surface area contributed by atoms with Crippen molar-refractivity contribution in [3.05, 3.63) is 59.2 Å². The third-order valence-electron chi connectivity index (χ3n) is 3.86. The second kappa shape index (κ2) is 7.32. The van der Waals surface area contributed by atoms with Gasteiger partial charge in [0.15, 0.2) is 6.10 Å². The molecule has 3 heteroatoms. The van der Waals surface area contributed by atoms with Crippen molar-refractivity contribution in [3.63, 3.8) is 0 Å². The lowest BCUT2D eigenvalue weighted by atomic mass is 10.0. The first-order valence-electron chi connectivity index (χ1n) is 8.01. The summed E-state index contributed by atoms with van der Waals surface area (Å²) in [6.07, 6.45) is -0.555. The molecule has 2 aromatic rings. The largest absolute Gasteiger partial charge is 0.481 e. The summed E-state index contributed by atoms with van der Waals surface area (Å²) in [4.78, 5) is 12.3. The van der Waals surface area contributed by atoms with E-state index >= 15 is 0 Å². The van der Waals surface area contributed by atoms with Crippen LogP contribution in [0.25, 0.3) is 0 Å². The van der Waals surface area contributed by atoms with Gasteiger partial charge in [-0.2, -0.15) is 0 Å². The highest BCUT2D eigenvalue weighted by molar-refractivity contribution is 5.94. The molecule has 0 bridgehead atoms. The van der Waals surface area contributed by atoms with Crippen LogP contribution in [0.2, 0.25) is 0 Å². The van der Waals surface area contributed by atoms with E-state index < -0.39 is 6.10 Å². The molecule has 3 nitrogen and oxygen atoms in total. The monoisotopic (exact) mass is 311 g/mol. The van der Waals surface area contributed by atoms with Gasteiger partial charge in [-0.05, 0) is 61.6 Å². The van der Waals surface area contributed by atoms with Crippen LogP contribution < -0.4 is 10.1 Å². The van der Waals surface area contributed by atoms with Gasteiger partial charge < -0.3 is 10.1 Å². The third kappa shape index (κ3) is 4.59. The molecule has 1 N–H and O–H groups in total. The molecular formula is C20H25NO2. The van der Waals surface area contributed by atoms with Crippen LogP contribution in [0.1, 0.15) is 43.4 Å². The second-order valence-corrected chi connectivity index (χ2v) is 6.29. The molecule has 0 fully saturated rings. The van der Waals surface area contributed by atoms with Gasteiger partial charge in [-0.1, -0.05) is 38.1 Å². The lowest BCUT2D eigenvalue weighted by Crippen LogP contribution is -2.30. The first kappa shape index (κ1) is 17.1. The van der Waals surface area contributed by atoms with Crippen molar-refractivity contribution in [2.45, 2.75) is 46.6 Å². The Balaban J connectivity index is 2.01. The number of anilines is 1. The van der Waals surface area contributed by atoms with E-state index in [2.05, 4.69) is 19.2 Å². The highest BCUT2D eigenvalue weighted by atomic mass is 16.5. The van der Waals surface area contributed by atoms with Crippen molar-refractivity contribution < 1.29 is 9.53 Å². The van der Waals surface area contributed by atoms with Gasteiger partial charge in [0, 0.05) is 5.69 Å². The molecule has 1 unspecified atom stereocenters. The molecule has 0 saturated heterocycles. The molecule has 0 aliphatic carbocycles. The smallest absolute Gasteiger partial charge is 0.265 e. The predicted molar refractivity (Wildman–Crippen MR) is 95.2 cm³/mol. The van der Waals surface area contributed by atoms with Gasteiger partial charge in [-0.25, -0.2) is 0 Å². The Labute approximate surface area is 138 Å². The summed E-state index contributed by atoms with van der Waals surface area (Å²) in [5.74, 6) is 1.08. The Kier molecular flexibility index (Phi) is 5.43. The highest BCUT2D eigenvalue weighted by Gasteiger charge is 2.16. The van der Waals surface area contributed by atoms with Crippen LogP contribution in [-0.2, 0) is 4.79 Å². The highest BCUT2D eigenvalue weighted by Crippen LogP contribution is 2.21. The van der Waals surface area contributed by atoms with Crippen LogP contribution in [-0.4, -0.2) is 12.0 Å². The number of rotatable bonds is 5. The van der Waals surface area contributed by atoms with Gasteiger partial charge in [0.1, 0.15) is 5.75 Å². The van der Waals surface area contributed by atoms with E-state index in [9.17, 15) is 4.79 Å². The Morgan fingerprint density at radius 2 is 1.65 bits per heavy atom. The van der Waals surface area contributed by atoms with Crippen LogP contribution >= 0.6 is 0 Å². The van der Waals surface area contributed by atoms with E-state index in [-0.39, 0.29) is 5.91 Å². The van der Waals surface area contributed by atoms with Crippen LogP contribution in [0, 0.1) is 13.8 Å². The van der Waals surface area contributed by atoms with E-state index in [0.29, 0.717) is 5.92 Å². The molecule has 23 heavy (non-hydrogen) atoms. The lowest BCUT2D eigenvalue weighted by molar-refractivity contribution is -0.122. The fourth-order valence-electron chi connectivity index (χ4n) is 2.27. The summed E-state index contributed by atoms with van der Waals surface area (Å²) in [6, 6.07) is 13.9. The van der Waals surface area contributed by atoms with Crippen LogP contribution in [0.4, 0.5) is 5.69 Å². The predicted octanol–water partition coefficient (Wildman–Crippen LogP) is 4.83. The fourth-order valence-corrected chi connectivity index (χ4v) is 2.27. The number of carbonyl (C=O) groups excluding carboxylic acids is 1. The summed E-state index contributed by atoms with van der Waals surface area (Å²) in [5, 5.41) is 2.90. The Morgan fingerprint density at radius 1 is 1.00 bits per heavy atom. The maximum Gasteiger partial charge on any atom is 0.265 e. The molecule has 1 atom stereocenters. The van der Waals surface area contributed by atoms with Crippen molar-refractivity contribution in [2.24, 2.45) is 0 Å². The maximum absolute atomic E-state index is 12.3. The van der Waals surface area contributed by atoms with Gasteiger partial charge in [-0.15, -0.1) is 0 Å². The van der Waals surface area contributed by atoms with Crippen molar-refractivity contribution >= 4 is 11.6 Å². The molecule has 0 spiro atoms. The van der Waals surface area contributed by atoms with E-state index in [1.165, 1.54) is 5.56 Å². The molecule has 0 aromatic heterocycles. The number of hydrogen-bond donors (Lipinski definition) is 1. The summed E-state index contributed by atoms with van der Waals surface area (Å²) < 4.78 is 5.81. The van der Waals surface area contributed by atoms with Crippen molar-refractivity contribution in [1.29, 1.82) is 0 Å².